The number of amides is 1. The van der Waals surface area contributed by atoms with Crippen LogP contribution in [0, 0.1) is 0 Å². The molecule has 2 N–H and O–H groups in total. The third-order valence-electron chi connectivity index (χ3n) is 4.05. The summed E-state index contributed by atoms with van der Waals surface area (Å²) >= 11 is 0. The Bertz CT molecular complexity index is 833. The fourth-order valence-electron chi connectivity index (χ4n) is 2.81. The van der Waals surface area contributed by atoms with Crippen molar-refractivity contribution in [1.82, 2.24) is 9.62 Å². The Morgan fingerprint density at radius 2 is 1.88 bits per heavy atom. The molecule has 140 valence electrons. The van der Waals surface area contributed by atoms with Crippen molar-refractivity contribution in [2.75, 3.05) is 18.1 Å². The third-order valence-corrected chi connectivity index (χ3v) is 7.76. The molecule has 25 heavy (non-hydrogen) atoms. The van der Waals surface area contributed by atoms with Gasteiger partial charge < -0.3 is 10.4 Å². The SMILES string of the molecule is CCN([C@H]1CS(=O)(=O)C[C@H]1O)S(=O)(=O)c1ccc(CNC(C)=O)cc1. The minimum Gasteiger partial charge on any atom is -0.390 e. The van der Waals surface area contributed by atoms with Gasteiger partial charge >= 0.3 is 0 Å². The van der Waals surface area contributed by atoms with Crippen LogP contribution in [-0.4, -0.2) is 62.4 Å². The zero-order valence-electron chi connectivity index (χ0n) is 14.0. The lowest BCUT2D eigenvalue weighted by atomic mass is 10.2. The van der Waals surface area contributed by atoms with Gasteiger partial charge in [0.1, 0.15) is 0 Å². The molecule has 0 spiro atoms. The van der Waals surface area contributed by atoms with Crippen molar-refractivity contribution in [3.63, 3.8) is 0 Å². The maximum atomic E-state index is 12.8. The average molecular weight is 390 g/mol. The molecular formula is C15H22N2O6S2. The summed E-state index contributed by atoms with van der Waals surface area (Å²) in [6, 6.07) is 4.99. The topological polar surface area (TPSA) is 121 Å². The lowest BCUT2D eigenvalue weighted by Gasteiger charge is -2.28. The molecule has 1 aromatic carbocycles. The lowest BCUT2D eigenvalue weighted by molar-refractivity contribution is -0.119. The van der Waals surface area contributed by atoms with Gasteiger partial charge in [-0.3, -0.25) is 4.79 Å². The van der Waals surface area contributed by atoms with E-state index in [1.807, 2.05) is 0 Å². The maximum absolute atomic E-state index is 12.8. The van der Waals surface area contributed by atoms with Gasteiger partial charge in [-0.2, -0.15) is 4.31 Å². The molecule has 0 radical (unpaired) electrons. The van der Waals surface area contributed by atoms with Gasteiger partial charge in [0, 0.05) is 20.0 Å². The Labute approximate surface area is 147 Å². The van der Waals surface area contributed by atoms with E-state index in [2.05, 4.69) is 5.32 Å². The van der Waals surface area contributed by atoms with Gasteiger partial charge in [0.2, 0.25) is 15.9 Å². The number of aliphatic hydroxyl groups is 1. The lowest BCUT2D eigenvalue weighted by Crippen LogP contribution is -2.46. The fourth-order valence-corrected chi connectivity index (χ4v) is 6.37. The molecule has 1 heterocycles. The number of rotatable bonds is 6. The number of benzene rings is 1. The van der Waals surface area contributed by atoms with Gasteiger partial charge in [-0.1, -0.05) is 19.1 Å². The summed E-state index contributed by atoms with van der Waals surface area (Å²) in [5.41, 5.74) is 0.737. The van der Waals surface area contributed by atoms with Crippen molar-refractivity contribution in [2.24, 2.45) is 0 Å². The van der Waals surface area contributed by atoms with E-state index in [9.17, 15) is 26.7 Å². The van der Waals surface area contributed by atoms with Crippen molar-refractivity contribution in [2.45, 2.75) is 37.4 Å². The zero-order chi connectivity index (χ0) is 18.8. The Hall–Kier alpha value is -1.49. The van der Waals surface area contributed by atoms with E-state index in [1.165, 1.54) is 19.1 Å². The van der Waals surface area contributed by atoms with E-state index in [1.54, 1.807) is 19.1 Å². The summed E-state index contributed by atoms with van der Waals surface area (Å²) in [6.07, 6.45) is -1.24. The van der Waals surface area contributed by atoms with Crippen LogP contribution in [0.4, 0.5) is 0 Å². The van der Waals surface area contributed by atoms with Crippen LogP contribution in [0.25, 0.3) is 0 Å². The van der Waals surface area contributed by atoms with Gasteiger partial charge in [-0.05, 0) is 17.7 Å². The van der Waals surface area contributed by atoms with Crippen LogP contribution in [0.5, 0.6) is 0 Å². The monoisotopic (exact) mass is 390 g/mol. The normalized spacial score (nSPS) is 22.9. The van der Waals surface area contributed by atoms with Crippen molar-refractivity contribution >= 4 is 25.8 Å². The smallest absolute Gasteiger partial charge is 0.243 e. The number of nitrogens with one attached hydrogen (secondary N) is 1. The van der Waals surface area contributed by atoms with Crippen LogP contribution in [0.1, 0.15) is 19.4 Å². The van der Waals surface area contributed by atoms with Crippen LogP contribution < -0.4 is 5.32 Å². The van der Waals surface area contributed by atoms with E-state index in [0.29, 0.717) is 0 Å². The first-order chi connectivity index (χ1) is 11.6. The van der Waals surface area contributed by atoms with Gasteiger partial charge in [0.25, 0.3) is 0 Å². The van der Waals surface area contributed by atoms with Crippen LogP contribution in [0.2, 0.25) is 0 Å². The van der Waals surface area contributed by atoms with Gasteiger partial charge in [-0.15, -0.1) is 0 Å². The molecule has 1 aromatic rings. The summed E-state index contributed by atoms with van der Waals surface area (Å²) in [4.78, 5) is 10.9. The minimum atomic E-state index is -3.94. The van der Waals surface area contributed by atoms with Crippen LogP contribution >= 0.6 is 0 Å². The van der Waals surface area contributed by atoms with E-state index >= 15 is 0 Å². The number of hydrogen-bond acceptors (Lipinski definition) is 6. The summed E-state index contributed by atoms with van der Waals surface area (Å²) in [5.74, 6) is -1.01. The molecule has 2 atom stereocenters. The number of sulfonamides is 1. The molecule has 0 unspecified atom stereocenters. The van der Waals surface area contributed by atoms with Crippen LogP contribution in [0.15, 0.2) is 29.2 Å². The van der Waals surface area contributed by atoms with Crippen LogP contribution in [0.3, 0.4) is 0 Å². The maximum Gasteiger partial charge on any atom is 0.243 e. The quantitative estimate of drug-likeness (QED) is 0.675. The molecule has 10 heteroatoms. The summed E-state index contributed by atoms with van der Waals surface area (Å²) in [7, 11) is -7.40. The van der Waals surface area contributed by atoms with E-state index in [-0.39, 0.29) is 29.6 Å². The van der Waals surface area contributed by atoms with Crippen molar-refractivity contribution in [3.8, 4) is 0 Å². The fraction of sp³-hybridized carbons (Fsp3) is 0.533. The first kappa shape index (κ1) is 19.8. The van der Waals surface area contributed by atoms with Crippen molar-refractivity contribution in [1.29, 1.82) is 0 Å². The molecule has 0 saturated carbocycles. The van der Waals surface area contributed by atoms with Gasteiger partial charge in [0.05, 0.1) is 28.5 Å². The van der Waals surface area contributed by atoms with E-state index in [0.717, 1.165) is 9.87 Å². The van der Waals surface area contributed by atoms with Gasteiger partial charge in [0.15, 0.2) is 9.84 Å². The Balaban J connectivity index is 2.25. The summed E-state index contributed by atoms with van der Waals surface area (Å²) < 4.78 is 50.1. The number of sulfone groups is 1. The summed E-state index contributed by atoms with van der Waals surface area (Å²) in [6.45, 7) is 3.32. The third kappa shape index (κ3) is 4.57. The van der Waals surface area contributed by atoms with Crippen molar-refractivity contribution < 1.29 is 26.7 Å². The predicted octanol–water partition coefficient (Wildman–Crippen LogP) is -0.509. The first-order valence-corrected chi connectivity index (χ1v) is 11.1. The second-order valence-electron chi connectivity index (χ2n) is 5.97. The highest BCUT2D eigenvalue weighted by Crippen LogP contribution is 2.25. The predicted molar refractivity (Wildman–Crippen MR) is 92.0 cm³/mol. The highest BCUT2D eigenvalue weighted by atomic mass is 32.2. The Kier molecular flexibility index (Phi) is 5.87. The Morgan fingerprint density at radius 1 is 1.28 bits per heavy atom. The highest BCUT2D eigenvalue weighted by molar-refractivity contribution is 7.92. The number of likely N-dealkylation sites (N-methyl/N-ethyl adjacent to an activating group) is 1. The second-order valence-corrected chi connectivity index (χ2v) is 10.0. The Morgan fingerprint density at radius 3 is 2.32 bits per heavy atom. The largest absolute Gasteiger partial charge is 0.390 e. The number of nitrogens with zero attached hydrogens (tertiary/aromatic N) is 1. The molecule has 1 saturated heterocycles. The van der Waals surface area contributed by atoms with E-state index in [4.69, 9.17) is 0 Å². The van der Waals surface area contributed by atoms with Gasteiger partial charge in [-0.25, -0.2) is 16.8 Å². The molecule has 2 rings (SSSR count). The van der Waals surface area contributed by atoms with Crippen molar-refractivity contribution in [3.05, 3.63) is 29.8 Å². The number of carbonyl (C=O) groups is 1. The minimum absolute atomic E-state index is 0.0115. The zero-order valence-corrected chi connectivity index (χ0v) is 15.7. The molecular weight excluding hydrogens is 368 g/mol. The number of aliphatic hydroxyl groups excluding tert-OH is 1. The second kappa shape index (κ2) is 7.40. The molecule has 1 aliphatic heterocycles. The molecule has 0 aromatic heterocycles. The average Bonchev–Trinajstić information content (AvgIpc) is 2.79. The molecule has 1 amide bonds. The molecule has 8 nitrogen and oxygen atoms in total. The highest BCUT2D eigenvalue weighted by Gasteiger charge is 2.44. The molecule has 1 aliphatic rings. The standard InChI is InChI=1S/C15H22N2O6S2/c1-3-17(14-9-24(20,21)10-15(14)19)25(22,23)13-6-4-12(5-7-13)8-16-11(2)18/h4-7,14-15,19H,3,8-10H2,1-2H3,(H,16,18)/t14-,15+/m0/s1. The molecule has 0 bridgehead atoms. The summed E-state index contributed by atoms with van der Waals surface area (Å²) in [5, 5.41) is 12.6. The van der Waals surface area contributed by atoms with Crippen LogP contribution in [-0.2, 0) is 31.2 Å². The number of hydrogen-bond donors (Lipinski definition) is 2. The first-order valence-electron chi connectivity index (χ1n) is 7.80. The molecule has 1 fully saturated rings. The molecule has 0 aliphatic carbocycles. The number of carbonyl (C=O) groups excluding carboxylic acids is 1. The van der Waals surface area contributed by atoms with E-state index < -0.39 is 37.8 Å².